The third-order valence-electron chi connectivity index (χ3n) is 3.73. The maximum absolute atomic E-state index is 11.9. The summed E-state index contributed by atoms with van der Waals surface area (Å²) < 4.78 is 33.3. The second-order valence-corrected chi connectivity index (χ2v) is 7.93. The Morgan fingerprint density at radius 3 is 1.89 bits per heavy atom. The van der Waals surface area contributed by atoms with E-state index in [-0.39, 0.29) is 18.3 Å². The van der Waals surface area contributed by atoms with Crippen LogP contribution in [0.5, 0.6) is 0 Å². The van der Waals surface area contributed by atoms with Gasteiger partial charge < -0.3 is 18.4 Å². The lowest BCUT2D eigenvalue weighted by molar-refractivity contribution is 0.00578. The molecule has 0 N–H and O–H groups in total. The van der Waals surface area contributed by atoms with Gasteiger partial charge in [0.05, 0.1) is 11.2 Å². The Morgan fingerprint density at radius 2 is 1.50 bits per heavy atom. The van der Waals surface area contributed by atoms with Gasteiger partial charge >= 0.3 is 14.7 Å². The SMILES string of the molecule is COP(=O)(CCCB1OC(C)(C)C(C)(C)O1)OC. The van der Waals surface area contributed by atoms with Crippen molar-refractivity contribution >= 4 is 14.7 Å². The second kappa shape index (κ2) is 5.64. The lowest BCUT2D eigenvalue weighted by Gasteiger charge is -2.32. The van der Waals surface area contributed by atoms with Gasteiger partial charge in [-0.15, -0.1) is 0 Å². The maximum atomic E-state index is 11.9. The largest absolute Gasteiger partial charge is 0.457 e. The van der Waals surface area contributed by atoms with Gasteiger partial charge in [-0.05, 0) is 40.4 Å². The zero-order valence-electron chi connectivity index (χ0n) is 12.2. The third-order valence-corrected chi connectivity index (χ3v) is 5.71. The zero-order valence-corrected chi connectivity index (χ0v) is 13.1. The van der Waals surface area contributed by atoms with Gasteiger partial charge in [0.1, 0.15) is 0 Å². The van der Waals surface area contributed by atoms with E-state index in [0.29, 0.717) is 18.9 Å². The molecule has 1 fully saturated rings. The molecule has 1 aliphatic heterocycles. The van der Waals surface area contributed by atoms with E-state index in [1.165, 1.54) is 14.2 Å². The first kappa shape index (κ1) is 16.2. The Bertz CT molecular complexity index is 307. The summed E-state index contributed by atoms with van der Waals surface area (Å²) in [4.78, 5) is 0. The van der Waals surface area contributed by atoms with Crippen LogP contribution in [0.15, 0.2) is 0 Å². The molecule has 0 spiro atoms. The summed E-state index contributed by atoms with van der Waals surface area (Å²) in [5.74, 6) is 0. The van der Waals surface area contributed by atoms with Crippen molar-refractivity contribution in [1.29, 1.82) is 0 Å². The van der Waals surface area contributed by atoms with Crippen LogP contribution in [-0.2, 0) is 22.9 Å². The van der Waals surface area contributed by atoms with E-state index in [1.807, 2.05) is 27.7 Å². The normalized spacial score (nSPS) is 22.4. The molecular weight excluding hydrogens is 254 g/mol. The van der Waals surface area contributed by atoms with Crippen LogP contribution in [0, 0.1) is 0 Å². The molecule has 0 aromatic carbocycles. The molecule has 1 rings (SSSR count). The topological polar surface area (TPSA) is 54.0 Å². The Morgan fingerprint density at radius 1 is 1.06 bits per heavy atom. The minimum Gasteiger partial charge on any atom is -0.403 e. The van der Waals surface area contributed by atoms with E-state index < -0.39 is 7.60 Å². The highest BCUT2D eigenvalue weighted by atomic mass is 31.2. The van der Waals surface area contributed by atoms with Crippen molar-refractivity contribution in [2.75, 3.05) is 20.4 Å². The van der Waals surface area contributed by atoms with E-state index in [4.69, 9.17) is 18.4 Å². The zero-order chi connectivity index (χ0) is 14.0. The van der Waals surface area contributed by atoms with Crippen LogP contribution in [0.4, 0.5) is 0 Å². The van der Waals surface area contributed by atoms with Crippen molar-refractivity contribution in [2.24, 2.45) is 0 Å². The van der Waals surface area contributed by atoms with Crippen LogP contribution in [0.2, 0.25) is 6.32 Å². The average Bonchev–Trinajstić information content (AvgIpc) is 2.47. The first-order valence-corrected chi connectivity index (χ1v) is 7.95. The monoisotopic (exact) mass is 278 g/mol. The van der Waals surface area contributed by atoms with Gasteiger partial charge in [0, 0.05) is 20.4 Å². The van der Waals surface area contributed by atoms with Crippen LogP contribution in [0.1, 0.15) is 34.1 Å². The van der Waals surface area contributed by atoms with Gasteiger partial charge in [0.15, 0.2) is 0 Å². The fraction of sp³-hybridized carbons (Fsp3) is 1.00. The molecule has 7 heteroatoms. The van der Waals surface area contributed by atoms with Crippen LogP contribution in [-0.4, -0.2) is 38.7 Å². The Balaban J connectivity index is 2.42. The summed E-state index contributed by atoms with van der Waals surface area (Å²) >= 11 is 0. The van der Waals surface area contributed by atoms with Gasteiger partial charge in [-0.2, -0.15) is 0 Å². The average molecular weight is 278 g/mol. The van der Waals surface area contributed by atoms with Crippen LogP contribution < -0.4 is 0 Å². The Labute approximate surface area is 110 Å². The molecule has 106 valence electrons. The first-order chi connectivity index (χ1) is 8.16. The molecule has 5 nitrogen and oxygen atoms in total. The molecule has 0 unspecified atom stereocenters. The van der Waals surface area contributed by atoms with Crippen molar-refractivity contribution in [2.45, 2.75) is 51.6 Å². The lowest BCUT2D eigenvalue weighted by atomic mass is 9.83. The Hall–Kier alpha value is 0.135. The molecule has 0 amide bonds. The summed E-state index contributed by atoms with van der Waals surface area (Å²) in [6.45, 7) is 8.06. The van der Waals surface area contributed by atoms with Crippen molar-refractivity contribution < 1.29 is 22.9 Å². The molecule has 0 radical (unpaired) electrons. The molecule has 0 aliphatic carbocycles. The molecule has 0 saturated carbocycles. The fourth-order valence-electron chi connectivity index (χ4n) is 1.79. The smallest absolute Gasteiger partial charge is 0.403 e. The van der Waals surface area contributed by atoms with Gasteiger partial charge in [0.2, 0.25) is 0 Å². The second-order valence-electron chi connectivity index (χ2n) is 5.53. The first-order valence-electron chi connectivity index (χ1n) is 6.22. The van der Waals surface area contributed by atoms with E-state index in [1.54, 1.807) is 0 Å². The quantitative estimate of drug-likeness (QED) is 0.552. The molecule has 1 saturated heterocycles. The highest BCUT2D eigenvalue weighted by Gasteiger charge is 2.50. The molecule has 0 aromatic heterocycles. The summed E-state index contributed by atoms with van der Waals surface area (Å²) in [6.07, 6.45) is 1.74. The van der Waals surface area contributed by atoms with Crippen molar-refractivity contribution in [3.8, 4) is 0 Å². The molecule has 1 aliphatic rings. The molecule has 1 heterocycles. The van der Waals surface area contributed by atoms with Gasteiger partial charge in [-0.3, -0.25) is 4.57 Å². The van der Waals surface area contributed by atoms with Crippen molar-refractivity contribution in [1.82, 2.24) is 0 Å². The van der Waals surface area contributed by atoms with Crippen LogP contribution >= 0.6 is 7.60 Å². The van der Waals surface area contributed by atoms with E-state index in [0.717, 1.165) is 0 Å². The predicted molar refractivity (Wildman–Crippen MR) is 72.0 cm³/mol. The number of hydrogen-bond acceptors (Lipinski definition) is 5. The summed E-state index contributed by atoms with van der Waals surface area (Å²) in [5, 5.41) is 0. The van der Waals surface area contributed by atoms with Gasteiger partial charge in [-0.1, -0.05) is 0 Å². The number of rotatable bonds is 6. The fourth-order valence-corrected chi connectivity index (χ4v) is 2.88. The summed E-state index contributed by atoms with van der Waals surface area (Å²) in [5.41, 5.74) is -0.631. The lowest BCUT2D eigenvalue weighted by Crippen LogP contribution is -2.41. The molecule has 0 aromatic rings. The summed E-state index contributed by atoms with van der Waals surface area (Å²) in [7, 11) is -0.362. The van der Waals surface area contributed by atoms with E-state index in [2.05, 4.69) is 0 Å². The molecule has 0 bridgehead atoms. The highest BCUT2D eigenvalue weighted by molar-refractivity contribution is 7.53. The maximum Gasteiger partial charge on any atom is 0.457 e. The molecular formula is C11H24BO5P. The summed E-state index contributed by atoms with van der Waals surface area (Å²) in [6, 6.07) is 0. The highest BCUT2D eigenvalue weighted by Crippen LogP contribution is 2.47. The third kappa shape index (κ3) is 3.58. The molecule has 18 heavy (non-hydrogen) atoms. The Kier molecular flexibility index (Phi) is 5.07. The predicted octanol–water partition coefficient (Wildman–Crippen LogP) is 2.95. The standard InChI is InChI=1S/C11H24BO5P/c1-10(2)11(3,4)17-12(16-10)8-7-9-18(13,14-5)15-6/h7-9H2,1-6H3. The van der Waals surface area contributed by atoms with Gasteiger partial charge in [0.25, 0.3) is 0 Å². The minimum atomic E-state index is -2.91. The van der Waals surface area contributed by atoms with E-state index >= 15 is 0 Å². The molecule has 0 atom stereocenters. The number of hydrogen-bond donors (Lipinski definition) is 0. The van der Waals surface area contributed by atoms with E-state index in [9.17, 15) is 4.57 Å². The van der Waals surface area contributed by atoms with Crippen LogP contribution in [0.25, 0.3) is 0 Å². The van der Waals surface area contributed by atoms with Crippen LogP contribution in [0.3, 0.4) is 0 Å². The van der Waals surface area contributed by atoms with Crippen molar-refractivity contribution in [3.63, 3.8) is 0 Å². The minimum absolute atomic E-state index is 0.253. The van der Waals surface area contributed by atoms with Crippen molar-refractivity contribution in [3.05, 3.63) is 0 Å². The van der Waals surface area contributed by atoms with Gasteiger partial charge in [-0.25, -0.2) is 0 Å².